The number of para-hydroxylation sites is 2. The van der Waals surface area contributed by atoms with Gasteiger partial charge in [-0.25, -0.2) is 9.36 Å². The first-order valence-electron chi connectivity index (χ1n) is 10.3. The van der Waals surface area contributed by atoms with Crippen molar-refractivity contribution in [3.63, 3.8) is 0 Å². The Morgan fingerprint density at radius 2 is 1.41 bits per heavy atom. The predicted molar refractivity (Wildman–Crippen MR) is 123 cm³/mol. The quantitative estimate of drug-likeness (QED) is 0.472. The maximum Gasteiger partial charge on any atom is 0.279 e. The number of carbonyl (C=O) groups is 1. The average Bonchev–Trinajstić information content (AvgIpc) is 3.08. The van der Waals surface area contributed by atoms with Gasteiger partial charge in [-0.15, -0.1) is 0 Å². The Kier molecular flexibility index (Phi) is 5.94. The van der Waals surface area contributed by atoms with Crippen molar-refractivity contribution < 1.29 is 14.6 Å². The van der Waals surface area contributed by atoms with Crippen molar-refractivity contribution in [3.8, 4) is 23.0 Å². The molecule has 0 spiro atoms. The molecule has 1 atom stereocenters. The van der Waals surface area contributed by atoms with Crippen molar-refractivity contribution in [1.29, 1.82) is 0 Å². The zero-order valence-electron chi connectivity index (χ0n) is 17.9. The van der Waals surface area contributed by atoms with Crippen LogP contribution in [0.15, 0.2) is 89.7 Å². The Morgan fingerprint density at radius 1 is 0.875 bits per heavy atom. The zero-order valence-corrected chi connectivity index (χ0v) is 17.9. The van der Waals surface area contributed by atoms with Crippen LogP contribution in [-0.2, 0) is 4.79 Å². The third kappa shape index (κ3) is 3.95. The third-order valence-electron chi connectivity index (χ3n) is 5.42. The Balaban J connectivity index is 1.99. The lowest BCUT2D eigenvalue weighted by atomic mass is 9.88. The molecule has 0 fully saturated rings. The first-order chi connectivity index (χ1) is 15.5. The fourth-order valence-electron chi connectivity index (χ4n) is 3.93. The third-order valence-corrected chi connectivity index (χ3v) is 5.42. The first kappa shape index (κ1) is 21.2. The maximum absolute atomic E-state index is 13.7. The summed E-state index contributed by atoms with van der Waals surface area (Å²) in [6, 6.07) is 25.5. The first-order valence-corrected chi connectivity index (χ1v) is 10.3. The van der Waals surface area contributed by atoms with E-state index in [9.17, 15) is 14.7 Å². The number of carbonyl (C=O) groups excluding carboxylic acids is 1. The summed E-state index contributed by atoms with van der Waals surface area (Å²) in [5.41, 5.74) is 1.80. The van der Waals surface area contributed by atoms with E-state index in [1.807, 2.05) is 60.7 Å². The Morgan fingerprint density at radius 3 is 1.91 bits per heavy atom. The Bertz CT molecular complexity index is 1270. The topological polar surface area (TPSA) is 73.5 Å². The lowest BCUT2D eigenvalue weighted by Gasteiger charge is -2.15. The van der Waals surface area contributed by atoms with Gasteiger partial charge in [-0.1, -0.05) is 48.5 Å². The number of hydrogen-bond donors (Lipinski definition) is 1. The molecule has 3 aromatic carbocycles. The molecule has 162 valence electrons. The summed E-state index contributed by atoms with van der Waals surface area (Å²) in [4.78, 5) is 25.9. The van der Waals surface area contributed by atoms with E-state index < -0.39 is 5.92 Å². The standard InChI is InChI=1S/C26H24N2O4/c1-18(29)17-23(19-13-15-22(32-2)16-14-19)24-25(30)27(20-9-5-3-6-10-20)28(26(24)31)21-11-7-4-8-12-21/h3-16,23,30H,17H2,1-2H3. The minimum Gasteiger partial charge on any atom is -0.497 e. The SMILES string of the molecule is COc1ccc(C(CC(C)=O)c2c(O)n(-c3ccccc3)n(-c3ccccc3)c2=O)cc1. The number of aromatic nitrogens is 2. The number of nitrogens with zero attached hydrogens (tertiary/aromatic N) is 2. The molecule has 4 aromatic rings. The average molecular weight is 428 g/mol. The van der Waals surface area contributed by atoms with Crippen LogP contribution < -0.4 is 10.3 Å². The summed E-state index contributed by atoms with van der Waals surface area (Å²) < 4.78 is 8.17. The van der Waals surface area contributed by atoms with E-state index in [2.05, 4.69) is 0 Å². The number of Topliss-reactive ketones (excluding diaryl/α,β-unsaturated/α-hetero) is 1. The molecule has 1 aromatic heterocycles. The fourth-order valence-corrected chi connectivity index (χ4v) is 3.93. The Hall–Kier alpha value is -4.06. The van der Waals surface area contributed by atoms with Crippen molar-refractivity contribution in [3.05, 3.63) is 106 Å². The number of rotatable bonds is 7. The molecule has 0 aliphatic carbocycles. The molecule has 6 heteroatoms. The Labute approximate surface area is 185 Å². The van der Waals surface area contributed by atoms with Gasteiger partial charge in [-0.2, -0.15) is 0 Å². The monoisotopic (exact) mass is 428 g/mol. The van der Waals surface area contributed by atoms with Gasteiger partial charge in [0.05, 0.1) is 24.0 Å². The summed E-state index contributed by atoms with van der Waals surface area (Å²) in [6.45, 7) is 1.48. The number of benzene rings is 3. The number of hydrogen-bond acceptors (Lipinski definition) is 4. The summed E-state index contributed by atoms with van der Waals surface area (Å²) in [6.07, 6.45) is 0.0860. The van der Waals surface area contributed by atoms with Crippen LogP contribution in [0.3, 0.4) is 0 Å². The van der Waals surface area contributed by atoms with Gasteiger partial charge in [0, 0.05) is 12.3 Å². The smallest absolute Gasteiger partial charge is 0.279 e. The molecule has 0 saturated heterocycles. The molecule has 0 bridgehead atoms. The second-order valence-corrected chi connectivity index (χ2v) is 7.57. The molecule has 0 radical (unpaired) electrons. The number of methoxy groups -OCH3 is 1. The van der Waals surface area contributed by atoms with Gasteiger partial charge in [-0.05, 0) is 48.9 Å². The fraction of sp³-hybridized carbons (Fsp3) is 0.154. The minimum atomic E-state index is -0.606. The normalized spacial score (nSPS) is 11.8. The predicted octanol–water partition coefficient (Wildman–Crippen LogP) is 4.45. The number of ketones is 1. The van der Waals surface area contributed by atoms with Crippen LogP contribution in [0.4, 0.5) is 0 Å². The van der Waals surface area contributed by atoms with E-state index in [0.717, 1.165) is 5.56 Å². The van der Waals surface area contributed by atoms with Gasteiger partial charge in [0.1, 0.15) is 11.5 Å². The van der Waals surface area contributed by atoms with Crippen LogP contribution >= 0.6 is 0 Å². The van der Waals surface area contributed by atoms with E-state index >= 15 is 0 Å². The second kappa shape index (κ2) is 8.98. The van der Waals surface area contributed by atoms with Crippen LogP contribution in [0.2, 0.25) is 0 Å². The summed E-state index contributed by atoms with van der Waals surface area (Å²) in [5.74, 6) is -0.204. The maximum atomic E-state index is 13.7. The van der Waals surface area contributed by atoms with Crippen LogP contribution in [0.1, 0.15) is 30.4 Å². The molecule has 0 aliphatic rings. The second-order valence-electron chi connectivity index (χ2n) is 7.57. The van der Waals surface area contributed by atoms with Gasteiger partial charge in [-0.3, -0.25) is 9.59 Å². The highest BCUT2D eigenvalue weighted by Crippen LogP contribution is 2.35. The van der Waals surface area contributed by atoms with E-state index in [1.54, 1.807) is 31.4 Å². The molecular weight excluding hydrogens is 404 g/mol. The molecule has 4 rings (SSSR count). The van der Waals surface area contributed by atoms with Crippen molar-refractivity contribution in [2.24, 2.45) is 0 Å². The zero-order chi connectivity index (χ0) is 22.7. The lowest BCUT2D eigenvalue weighted by molar-refractivity contribution is -0.117. The summed E-state index contributed by atoms with van der Waals surface area (Å²) in [7, 11) is 1.58. The molecule has 1 heterocycles. The van der Waals surface area contributed by atoms with Crippen molar-refractivity contribution >= 4 is 5.78 Å². The van der Waals surface area contributed by atoms with E-state index in [-0.39, 0.29) is 29.2 Å². The molecule has 0 saturated carbocycles. The number of ether oxygens (including phenoxy) is 1. The van der Waals surface area contributed by atoms with E-state index in [1.165, 1.54) is 16.3 Å². The van der Waals surface area contributed by atoms with Crippen LogP contribution in [0, 0.1) is 0 Å². The molecule has 0 amide bonds. The van der Waals surface area contributed by atoms with Crippen LogP contribution in [0.25, 0.3) is 11.4 Å². The highest BCUT2D eigenvalue weighted by atomic mass is 16.5. The molecular formula is C26H24N2O4. The van der Waals surface area contributed by atoms with Crippen LogP contribution in [0.5, 0.6) is 11.6 Å². The lowest BCUT2D eigenvalue weighted by Crippen LogP contribution is -2.23. The highest BCUT2D eigenvalue weighted by Gasteiger charge is 2.30. The van der Waals surface area contributed by atoms with Crippen molar-refractivity contribution in [2.75, 3.05) is 7.11 Å². The summed E-state index contributed by atoms with van der Waals surface area (Å²) >= 11 is 0. The van der Waals surface area contributed by atoms with Gasteiger partial charge >= 0.3 is 0 Å². The van der Waals surface area contributed by atoms with Gasteiger partial charge in [0.25, 0.3) is 5.56 Å². The molecule has 6 nitrogen and oxygen atoms in total. The molecule has 1 N–H and O–H groups in total. The number of aromatic hydroxyl groups is 1. The summed E-state index contributed by atoms with van der Waals surface area (Å²) in [5, 5.41) is 11.4. The molecule has 32 heavy (non-hydrogen) atoms. The highest BCUT2D eigenvalue weighted by molar-refractivity contribution is 5.77. The van der Waals surface area contributed by atoms with Crippen molar-refractivity contribution in [2.45, 2.75) is 19.3 Å². The van der Waals surface area contributed by atoms with E-state index in [4.69, 9.17) is 4.74 Å². The largest absolute Gasteiger partial charge is 0.497 e. The molecule has 0 aliphatic heterocycles. The van der Waals surface area contributed by atoms with Crippen LogP contribution in [-0.4, -0.2) is 27.4 Å². The van der Waals surface area contributed by atoms with Gasteiger partial charge in [0.2, 0.25) is 5.88 Å². The molecule has 1 unspecified atom stereocenters. The van der Waals surface area contributed by atoms with E-state index in [0.29, 0.717) is 17.1 Å². The van der Waals surface area contributed by atoms with Gasteiger partial charge < -0.3 is 9.84 Å². The van der Waals surface area contributed by atoms with Crippen molar-refractivity contribution in [1.82, 2.24) is 9.36 Å². The van der Waals surface area contributed by atoms with Gasteiger partial charge in [0.15, 0.2) is 0 Å². The minimum absolute atomic E-state index is 0.0802.